The van der Waals surface area contributed by atoms with E-state index in [0.29, 0.717) is 12.7 Å². The van der Waals surface area contributed by atoms with Crippen LogP contribution in [-0.4, -0.2) is 38.4 Å². The molecule has 2 atom stereocenters. The molecular weight excluding hydrogens is 228 g/mol. The van der Waals surface area contributed by atoms with Crippen LogP contribution >= 0.6 is 0 Å². The molecule has 1 aromatic carbocycles. The minimum absolute atomic E-state index is 0.356. The van der Waals surface area contributed by atoms with Crippen molar-refractivity contribution in [2.45, 2.75) is 12.3 Å². The van der Waals surface area contributed by atoms with E-state index in [-0.39, 0.29) is 0 Å². The summed E-state index contributed by atoms with van der Waals surface area (Å²) in [5, 5.41) is 3.55. The van der Waals surface area contributed by atoms with Gasteiger partial charge in [0.2, 0.25) is 6.79 Å². The number of fused-ring (bicyclic) bond motifs is 4. The van der Waals surface area contributed by atoms with Crippen LogP contribution in [-0.2, 0) is 0 Å². The van der Waals surface area contributed by atoms with Crippen LogP contribution in [0.5, 0.6) is 11.5 Å². The molecule has 4 nitrogen and oxygen atoms in total. The number of likely N-dealkylation sites (tertiary alicyclic amines) is 1. The fourth-order valence-electron chi connectivity index (χ4n) is 3.49. The quantitative estimate of drug-likeness (QED) is 0.758. The summed E-state index contributed by atoms with van der Waals surface area (Å²) in [6.45, 7) is 3.80. The molecule has 3 aliphatic heterocycles. The topological polar surface area (TPSA) is 33.7 Å². The monoisotopic (exact) mass is 246 g/mol. The molecule has 1 N–H and O–H groups in total. The average Bonchev–Trinajstić information content (AvgIpc) is 2.82. The summed E-state index contributed by atoms with van der Waals surface area (Å²) in [5.74, 6) is 3.19. The molecule has 1 saturated heterocycles. The normalized spacial score (nSPS) is 29.4. The number of anilines is 1. The maximum Gasteiger partial charge on any atom is 0.231 e. The molecule has 4 heteroatoms. The number of nitrogens with one attached hydrogen (secondary N) is 1. The highest BCUT2D eigenvalue weighted by Gasteiger charge is 2.34. The van der Waals surface area contributed by atoms with Crippen LogP contribution in [0.3, 0.4) is 0 Å². The lowest BCUT2D eigenvalue weighted by Gasteiger charge is -2.41. The van der Waals surface area contributed by atoms with Crippen LogP contribution in [0.2, 0.25) is 0 Å². The molecule has 1 fully saturated rings. The molecule has 3 heterocycles. The first-order valence-electron chi connectivity index (χ1n) is 6.67. The molecule has 0 aromatic heterocycles. The number of piperidine rings is 1. The van der Waals surface area contributed by atoms with Crippen LogP contribution in [0.4, 0.5) is 5.69 Å². The van der Waals surface area contributed by atoms with Gasteiger partial charge in [0, 0.05) is 24.8 Å². The first-order valence-corrected chi connectivity index (χ1v) is 6.67. The van der Waals surface area contributed by atoms with E-state index in [2.05, 4.69) is 29.4 Å². The number of hydrogen-bond acceptors (Lipinski definition) is 4. The van der Waals surface area contributed by atoms with Crippen LogP contribution in [0.1, 0.15) is 17.9 Å². The van der Waals surface area contributed by atoms with Crippen molar-refractivity contribution in [3.05, 3.63) is 17.7 Å². The van der Waals surface area contributed by atoms with Crippen molar-refractivity contribution in [3.8, 4) is 11.5 Å². The summed E-state index contributed by atoms with van der Waals surface area (Å²) in [4.78, 5) is 2.43. The van der Waals surface area contributed by atoms with Gasteiger partial charge < -0.3 is 19.7 Å². The van der Waals surface area contributed by atoms with Crippen molar-refractivity contribution < 1.29 is 9.47 Å². The van der Waals surface area contributed by atoms with E-state index in [1.165, 1.54) is 30.8 Å². The Hall–Kier alpha value is -1.42. The van der Waals surface area contributed by atoms with Gasteiger partial charge in [0.05, 0.1) is 0 Å². The van der Waals surface area contributed by atoms with Crippen molar-refractivity contribution in [3.63, 3.8) is 0 Å². The molecule has 96 valence electrons. The number of hydrogen-bond donors (Lipinski definition) is 1. The summed E-state index contributed by atoms with van der Waals surface area (Å²) >= 11 is 0. The SMILES string of the molecule is CN1CCC2c3cc4c(cc3NCC2C1)OCO4. The van der Waals surface area contributed by atoms with Crippen LogP contribution in [0, 0.1) is 5.92 Å². The third kappa shape index (κ3) is 1.48. The van der Waals surface area contributed by atoms with Crippen molar-refractivity contribution in [2.24, 2.45) is 5.92 Å². The Morgan fingerprint density at radius 3 is 3.00 bits per heavy atom. The minimum atomic E-state index is 0.356. The third-order valence-electron chi connectivity index (χ3n) is 4.44. The van der Waals surface area contributed by atoms with Gasteiger partial charge in [0.15, 0.2) is 11.5 Å². The lowest BCUT2D eigenvalue weighted by Crippen LogP contribution is -2.42. The molecule has 4 rings (SSSR count). The van der Waals surface area contributed by atoms with Gasteiger partial charge in [0.1, 0.15) is 0 Å². The zero-order valence-corrected chi connectivity index (χ0v) is 10.6. The molecule has 0 radical (unpaired) electrons. The second-order valence-corrected chi connectivity index (χ2v) is 5.59. The molecule has 0 aliphatic carbocycles. The molecule has 2 unspecified atom stereocenters. The summed E-state index contributed by atoms with van der Waals surface area (Å²) in [5.41, 5.74) is 2.66. The summed E-state index contributed by atoms with van der Waals surface area (Å²) in [6, 6.07) is 4.29. The van der Waals surface area contributed by atoms with Gasteiger partial charge in [-0.25, -0.2) is 0 Å². The molecular formula is C14H18N2O2. The molecule has 0 spiro atoms. The lowest BCUT2D eigenvalue weighted by atomic mass is 9.77. The van der Waals surface area contributed by atoms with E-state index in [9.17, 15) is 0 Å². The predicted molar refractivity (Wildman–Crippen MR) is 69.4 cm³/mol. The highest BCUT2D eigenvalue weighted by atomic mass is 16.7. The molecule has 0 saturated carbocycles. The van der Waals surface area contributed by atoms with E-state index in [1.54, 1.807) is 0 Å². The largest absolute Gasteiger partial charge is 0.454 e. The van der Waals surface area contributed by atoms with Gasteiger partial charge in [-0.3, -0.25) is 0 Å². The van der Waals surface area contributed by atoms with Gasteiger partial charge in [-0.05, 0) is 43.5 Å². The van der Waals surface area contributed by atoms with Gasteiger partial charge in [-0.1, -0.05) is 0 Å². The second kappa shape index (κ2) is 3.79. The summed E-state index contributed by atoms with van der Waals surface area (Å²) in [6.07, 6.45) is 1.25. The van der Waals surface area contributed by atoms with Gasteiger partial charge in [0.25, 0.3) is 0 Å². The van der Waals surface area contributed by atoms with Crippen molar-refractivity contribution in [1.82, 2.24) is 4.90 Å². The van der Waals surface area contributed by atoms with Gasteiger partial charge in [-0.2, -0.15) is 0 Å². The lowest BCUT2D eigenvalue weighted by molar-refractivity contribution is 0.173. The Kier molecular flexibility index (Phi) is 2.21. The Morgan fingerprint density at radius 1 is 1.28 bits per heavy atom. The Morgan fingerprint density at radius 2 is 2.11 bits per heavy atom. The molecule has 0 amide bonds. The fourth-order valence-corrected chi connectivity index (χ4v) is 3.49. The zero-order valence-electron chi connectivity index (χ0n) is 10.6. The van der Waals surface area contributed by atoms with E-state index < -0.39 is 0 Å². The number of rotatable bonds is 0. The molecule has 3 aliphatic rings. The first-order chi connectivity index (χ1) is 8.81. The number of benzene rings is 1. The van der Waals surface area contributed by atoms with Gasteiger partial charge >= 0.3 is 0 Å². The summed E-state index contributed by atoms with van der Waals surface area (Å²) < 4.78 is 11.0. The van der Waals surface area contributed by atoms with E-state index >= 15 is 0 Å². The maximum atomic E-state index is 5.50. The first kappa shape index (κ1) is 10.5. The zero-order chi connectivity index (χ0) is 12.1. The van der Waals surface area contributed by atoms with Crippen LogP contribution < -0.4 is 14.8 Å². The summed E-state index contributed by atoms with van der Waals surface area (Å²) in [7, 11) is 2.21. The minimum Gasteiger partial charge on any atom is -0.454 e. The van der Waals surface area contributed by atoms with Gasteiger partial charge in [-0.15, -0.1) is 0 Å². The van der Waals surface area contributed by atoms with E-state index in [1.807, 2.05) is 0 Å². The highest BCUT2D eigenvalue weighted by molar-refractivity contribution is 5.64. The standard InChI is InChI=1S/C14H18N2O2/c1-16-3-2-10-9(7-16)6-15-12-5-14-13(4-11(10)12)17-8-18-14/h4-5,9-10,15H,2-3,6-8H2,1H3. The predicted octanol–water partition coefficient (Wildman–Crippen LogP) is 1.88. The number of ether oxygens (including phenoxy) is 2. The Labute approximate surface area is 107 Å². The second-order valence-electron chi connectivity index (χ2n) is 5.59. The van der Waals surface area contributed by atoms with E-state index in [4.69, 9.17) is 9.47 Å². The third-order valence-corrected chi connectivity index (χ3v) is 4.44. The Bertz CT molecular complexity index is 489. The number of nitrogens with zero attached hydrogens (tertiary/aromatic N) is 1. The molecule has 1 aromatic rings. The molecule has 18 heavy (non-hydrogen) atoms. The van der Waals surface area contributed by atoms with Crippen molar-refractivity contribution in [1.29, 1.82) is 0 Å². The highest BCUT2D eigenvalue weighted by Crippen LogP contribution is 2.46. The average molecular weight is 246 g/mol. The van der Waals surface area contributed by atoms with E-state index in [0.717, 1.165) is 24.0 Å². The Balaban J connectivity index is 1.74. The molecule has 0 bridgehead atoms. The van der Waals surface area contributed by atoms with Crippen LogP contribution in [0.25, 0.3) is 0 Å². The van der Waals surface area contributed by atoms with Crippen molar-refractivity contribution in [2.75, 3.05) is 38.8 Å². The maximum absolute atomic E-state index is 5.50. The fraction of sp³-hybridized carbons (Fsp3) is 0.571. The van der Waals surface area contributed by atoms with Crippen LogP contribution in [0.15, 0.2) is 12.1 Å². The van der Waals surface area contributed by atoms with Crippen molar-refractivity contribution >= 4 is 5.69 Å². The smallest absolute Gasteiger partial charge is 0.231 e.